The van der Waals surface area contributed by atoms with Crippen LogP contribution in [0.2, 0.25) is 0 Å². The largest absolute Gasteiger partial charge is 0.451 e. The Bertz CT molecular complexity index is 903. The lowest BCUT2D eigenvalue weighted by molar-refractivity contribution is -0.200. The molecule has 10 nitrogen and oxygen atoms in total. The van der Waals surface area contributed by atoms with Gasteiger partial charge in [0.1, 0.15) is 6.61 Å². The molecule has 0 aliphatic heterocycles. The number of amides is 2. The summed E-state index contributed by atoms with van der Waals surface area (Å²) in [5.74, 6) is -0.462. The smallest absolute Gasteiger partial charge is 0.335 e. The number of hydroxylamine groups is 1. The first-order valence-electron chi connectivity index (χ1n) is 11.8. The molecule has 0 spiro atoms. The van der Waals surface area contributed by atoms with Crippen molar-refractivity contribution < 1.29 is 39.3 Å². The SMILES string of the molecule is CC(=O)O[C@]1(C(=O)CO)CC[C@H]2[C@@H]3CCC4=CC(=O)CC[C@]4(C)[C@H]3[C@@H](O)C[C@@]21C.NC(=O)NO. The van der Waals surface area contributed by atoms with Crippen LogP contribution in [0.1, 0.15) is 65.7 Å². The highest BCUT2D eigenvalue weighted by Gasteiger charge is 2.70. The molecule has 4 aliphatic carbocycles. The number of ether oxygens (including phenoxy) is 1. The Hall–Kier alpha value is -2.30. The number of carbonyl (C=O) groups is 4. The minimum absolute atomic E-state index is 0.0334. The summed E-state index contributed by atoms with van der Waals surface area (Å²) in [5, 5.41) is 28.5. The Labute approximate surface area is 198 Å². The lowest BCUT2D eigenvalue weighted by atomic mass is 9.45. The number of hydrogen-bond donors (Lipinski definition) is 5. The van der Waals surface area contributed by atoms with Crippen molar-refractivity contribution in [3.8, 4) is 0 Å². The Kier molecular flexibility index (Phi) is 7.27. The molecule has 190 valence electrons. The average Bonchev–Trinajstić information content (AvgIpc) is 3.05. The summed E-state index contributed by atoms with van der Waals surface area (Å²) in [7, 11) is 0. The van der Waals surface area contributed by atoms with E-state index in [1.807, 2.05) is 6.92 Å². The number of ketones is 2. The van der Waals surface area contributed by atoms with Crippen LogP contribution in [0.15, 0.2) is 11.6 Å². The Morgan fingerprint density at radius 1 is 1.21 bits per heavy atom. The minimum Gasteiger partial charge on any atom is -0.451 e. The maximum absolute atomic E-state index is 12.9. The van der Waals surface area contributed by atoms with Gasteiger partial charge in [0.2, 0.25) is 5.78 Å². The predicted octanol–water partition coefficient (Wildman–Crippen LogP) is 1.40. The van der Waals surface area contributed by atoms with Crippen LogP contribution in [0.25, 0.3) is 0 Å². The predicted molar refractivity (Wildman–Crippen MR) is 119 cm³/mol. The fourth-order valence-electron chi connectivity index (χ4n) is 7.73. The molecule has 3 fully saturated rings. The molecule has 2 amide bonds. The van der Waals surface area contributed by atoms with Crippen molar-refractivity contribution in [1.82, 2.24) is 5.48 Å². The maximum atomic E-state index is 12.9. The number of nitrogens with one attached hydrogen (secondary N) is 1. The lowest BCUT2D eigenvalue weighted by Crippen LogP contribution is -2.63. The maximum Gasteiger partial charge on any atom is 0.335 e. The van der Waals surface area contributed by atoms with E-state index in [4.69, 9.17) is 9.94 Å². The van der Waals surface area contributed by atoms with Crippen molar-refractivity contribution in [3.05, 3.63) is 11.6 Å². The molecule has 34 heavy (non-hydrogen) atoms. The molecule has 0 aromatic carbocycles. The number of carbonyl (C=O) groups excluding carboxylic acids is 4. The zero-order valence-electron chi connectivity index (χ0n) is 20.0. The van der Waals surface area contributed by atoms with E-state index in [9.17, 15) is 29.4 Å². The molecule has 7 atom stereocenters. The number of hydrogen-bond acceptors (Lipinski definition) is 8. The molecule has 4 aliphatic rings. The van der Waals surface area contributed by atoms with E-state index in [0.717, 1.165) is 31.3 Å². The van der Waals surface area contributed by atoms with Gasteiger partial charge in [0.15, 0.2) is 11.4 Å². The van der Waals surface area contributed by atoms with Crippen LogP contribution in [-0.4, -0.2) is 57.3 Å². The standard InChI is InChI=1S/C23H32O6.CH4N2O2/c1-13(25)29-23(19(28)12-24)9-7-17-16-5-4-14-10-15(26)6-8-21(14,2)20(16)18(27)11-22(17,23)3;2-1(4)3-5/h10,16-18,20,24,27H,4-9,11-12H2,1-3H3;5H,(H3,2,3,4)/t16-,17-,18-,20+,21-,22-,23-;/m0./s1. The number of urea groups is 1. The summed E-state index contributed by atoms with van der Waals surface area (Å²) < 4.78 is 5.68. The first-order valence-corrected chi connectivity index (χ1v) is 11.8. The van der Waals surface area contributed by atoms with Gasteiger partial charge in [-0.05, 0) is 67.8 Å². The topological polar surface area (TPSA) is 176 Å². The van der Waals surface area contributed by atoms with Crippen molar-refractivity contribution in [1.29, 1.82) is 0 Å². The second-order valence-electron chi connectivity index (χ2n) is 10.6. The van der Waals surface area contributed by atoms with Crippen LogP contribution >= 0.6 is 0 Å². The minimum atomic E-state index is -1.37. The second kappa shape index (κ2) is 9.39. The molecule has 6 N–H and O–H groups in total. The number of Topliss-reactive ketones (excluding diaryl/α,β-unsaturated/α-hetero) is 1. The molecule has 4 rings (SSSR count). The van der Waals surface area contributed by atoms with Gasteiger partial charge in [-0.1, -0.05) is 19.4 Å². The molecular formula is C24H36N2O8. The van der Waals surface area contributed by atoms with E-state index in [1.165, 1.54) is 12.4 Å². The fourth-order valence-corrected chi connectivity index (χ4v) is 7.73. The molecule has 0 unspecified atom stereocenters. The van der Waals surface area contributed by atoms with Gasteiger partial charge in [-0.15, -0.1) is 0 Å². The second-order valence-corrected chi connectivity index (χ2v) is 10.6. The normalized spacial score (nSPS) is 40.4. The molecule has 0 bridgehead atoms. The van der Waals surface area contributed by atoms with Crippen molar-refractivity contribution in [2.45, 2.75) is 77.4 Å². The van der Waals surface area contributed by atoms with E-state index in [2.05, 4.69) is 12.7 Å². The highest BCUT2D eigenvalue weighted by atomic mass is 16.6. The number of aliphatic hydroxyl groups excluding tert-OH is 2. The summed E-state index contributed by atoms with van der Waals surface area (Å²) in [6.07, 6.45) is 5.59. The zero-order chi connectivity index (χ0) is 25.5. The molecule has 0 aromatic heterocycles. The number of aliphatic hydroxyl groups is 2. The van der Waals surface area contributed by atoms with Crippen LogP contribution < -0.4 is 11.2 Å². The Balaban J connectivity index is 0.000000588. The van der Waals surface area contributed by atoms with Crippen molar-refractivity contribution >= 4 is 23.6 Å². The average molecular weight is 481 g/mol. The zero-order valence-corrected chi connectivity index (χ0v) is 20.0. The Morgan fingerprint density at radius 2 is 1.85 bits per heavy atom. The molecule has 3 saturated carbocycles. The van der Waals surface area contributed by atoms with Gasteiger partial charge in [-0.25, -0.2) is 10.3 Å². The van der Waals surface area contributed by atoms with Crippen LogP contribution in [-0.2, 0) is 19.1 Å². The highest BCUT2D eigenvalue weighted by Crippen LogP contribution is 2.68. The third-order valence-electron chi connectivity index (χ3n) is 9.04. The number of allylic oxidation sites excluding steroid dienone is 1. The van der Waals surface area contributed by atoms with E-state index >= 15 is 0 Å². The summed E-state index contributed by atoms with van der Waals surface area (Å²) >= 11 is 0. The van der Waals surface area contributed by atoms with Crippen molar-refractivity contribution in [3.63, 3.8) is 0 Å². The highest BCUT2D eigenvalue weighted by molar-refractivity contribution is 5.92. The van der Waals surface area contributed by atoms with E-state index in [0.29, 0.717) is 19.3 Å². The van der Waals surface area contributed by atoms with Crippen LogP contribution in [0.3, 0.4) is 0 Å². The fraction of sp³-hybridized carbons (Fsp3) is 0.750. The van der Waals surface area contributed by atoms with E-state index in [1.54, 1.807) is 6.08 Å². The summed E-state index contributed by atoms with van der Waals surface area (Å²) in [5.41, 5.74) is 4.34. The summed E-state index contributed by atoms with van der Waals surface area (Å²) in [6, 6.07) is -0.940. The van der Waals surface area contributed by atoms with Crippen molar-refractivity contribution in [2.75, 3.05) is 6.61 Å². The van der Waals surface area contributed by atoms with Crippen LogP contribution in [0.5, 0.6) is 0 Å². The van der Waals surface area contributed by atoms with Gasteiger partial charge < -0.3 is 20.7 Å². The number of nitrogens with two attached hydrogens (primary N) is 1. The van der Waals surface area contributed by atoms with E-state index in [-0.39, 0.29) is 29.0 Å². The van der Waals surface area contributed by atoms with Crippen molar-refractivity contribution in [2.24, 2.45) is 34.3 Å². The van der Waals surface area contributed by atoms with Gasteiger partial charge in [0, 0.05) is 18.8 Å². The third-order valence-corrected chi connectivity index (χ3v) is 9.04. The summed E-state index contributed by atoms with van der Waals surface area (Å²) in [4.78, 5) is 46.0. The number of esters is 1. The third kappa shape index (κ3) is 4.05. The lowest BCUT2D eigenvalue weighted by Gasteiger charge is -2.60. The monoisotopic (exact) mass is 480 g/mol. The number of rotatable bonds is 3. The van der Waals surface area contributed by atoms with E-state index < -0.39 is 41.5 Å². The van der Waals surface area contributed by atoms with Crippen LogP contribution in [0.4, 0.5) is 4.79 Å². The quantitative estimate of drug-likeness (QED) is 0.229. The Morgan fingerprint density at radius 3 is 2.41 bits per heavy atom. The van der Waals surface area contributed by atoms with Gasteiger partial charge in [-0.2, -0.15) is 0 Å². The molecule has 10 heteroatoms. The molecule has 0 saturated heterocycles. The summed E-state index contributed by atoms with van der Waals surface area (Å²) in [6.45, 7) is 4.76. The van der Waals surface area contributed by atoms with Gasteiger partial charge in [-0.3, -0.25) is 19.6 Å². The molecular weight excluding hydrogens is 444 g/mol. The van der Waals surface area contributed by atoms with Crippen LogP contribution in [0, 0.1) is 28.6 Å². The molecule has 0 heterocycles. The van der Waals surface area contributed by atoms with Gasteiger partial charge in [0.25, 0.3) is 0 Å². The molecule has 0 aromatic rings. The first-order chi connectivity index (χ1) is 15.9. The van der Waals surface area contributed by atoms with Gasteiger partial charge in [0.05, 0.1) is 6.10 Å². The number of fused-ring (bicyclic) bond motifs is 5. The number of primary amides is 1. The first kappa shape index (κ1) is 26.3. The molecule has 0 radical (unpaired) electrons. The van der Waals surface area contributed by atoms with Gasteiger partial charge >= 0.3 is 12.0 Å².